The van der Waals surface area contributed by atoms with Crippen molar-refractivity contribution in [3.63, 3.8) is 0 Å². The molecule has 1 N–H and O–H groups in total. The second-order valence-electron chi connectivity index (χ2n) is 5.36. The van der Waals surface area contributed by atoms with E-state index in [9.17, 15) is 4.79 Å². The lowest BCUT2D eigenvalue weighted by Crippen LogP contribution is -2.26. The zero-order valence-corrected chi connectivity index (χ0v) is 14.1. The van der Waals surface area contributed by atoms with Crippen LogP contribution in [0.2, 0.25) is 0 Å². The molecule has 4 heteroatoms. The second-order valence-corrected chi connectivity index (χ2v) is 5.36. The first-order chi connectivity index (χ1) is 11.1. The molecule has 0 saturated carbocycles. The van der Waals surface area contributed by atoms with Gasteiger partial charge in [-0.25, -0.2) is 0 Å². The molecule has 2 aromatic rings. The lowest BCUT2D eigenvalue weighted by Gasteiger charge is -2.16. The van der Waals surface area contributed by atoms with Crippen molar-refractivity contribution in [2.75, 3.05) is 14.2 Å². The summed E-state index contributed by atoms with van der Waals surface area (Å²) < 4.78 is 10.5. The largest absolute Gasteiger partial charge is 0.493 e. The van der Waals surface area contributed by atoms with Crippen LogP contribution in [0.15, 0.2) is 42.5 Å². The minimum Gasteiger partial charge on any atom is -0.493 e. The summed E-state index contributed by atoms with van der Waals surface area (Å²) in [5, 5.41) is 3.00. The number of amides is 1. The third-order valence-corrected chi connectivity index (χ3v) is 3.88. The standard InChI is InChI=1S/C19H23NO3/c1-5-14-6-8-15(9-7-14)19(21)20-13(2)16-10-11-17(22-3)18(12-16)23-4/h6-13H,5H2,1-4H3,(H,20,21)/t13-/m0/s1. The van der Waals surface area contributed by atoms with Crippen LogP contribution in [0.3, 0.4) is 0 Å². The smallest absolute Gasteiger partial charge is 0.251 e. The number of nitrogens with one attached hydrogen (secondary N) is 1. The molecule has 0 unspecified atom stereocenters. The molecule has 0 radical (unpaired) electrons. The van der Waals surface area contributed by atoms with Gasteiger partial charge in [0.15, 0.2) is 11.5 Å². The van der Waals surface area contributed by atoms with Crippen molar-refractivity contribution in [3.05, 3.63) is 59.2 Å². The number of methoxy groups -OCH3 is 2. The number of benzene rings is 2. The van der Waals surface area contributed by atoms with Crippen LogP contribution < -0.4 is 14.8 Å². The first-order valence-electron chi connectivity index (χ1n) is 7.70. The lowest BCUT2D eigenvalue weighted by molar-refractivity contribution is 0.0940. The molecule has 122 valence electrons. The van der Waals surface area contributed by atoms with E-state index in [1.54, 1.807) is 14.2 Å². The fraction of sp³-hybridized carbons (Fsp3) is 0.316. The molecule has 1 amide bonds. The topological polar surface area (TPSA) is 47.6 Å². The van der Waals surface area contributed by atoms with Gasteiger partial charge in [-0.05, 0) is 48.7 Å². The first-order valence-corrected chi connectivity index (χ1v) is 7.70. The van der Waals surface area contributed by atoms with Crippen LogP contribution in [0.1, 0.15) is 41.4 Å². The molecule has 0 aliphatic carbocycles. The minimum atomic E-state index is -0.131. The van der Waals surface area contributed by atoms with Crippen molar-refractivity contribution in [1.29, 1.82) is 0 Å². The summed E-state index contributed by atoms with van der Waals surface area (Å²) in [7, 11) is 3.20. The molecule has 0 saturated heterocycles. The predicted octanol–water partition coefficient (Wildman–Crippen LogP) is 3.76. The van der Waals surface area contributed by atoms with Crippen LogP contribution in [0.25, 0.3) is 0 Å². The van der Waals surface area contributed by atoms with Crippen LogP contribution in [0, 0.1) is 0 Å². The van der Waals surface area contributed by atoms with E-state index >= 15 is 0 Å². The van der Waals surface area contributed by atoms with Crippen molar-refractivity contribution in [2.45, 2.75) is 26.3 Å². The molecule has 2 aromatic carbocycles. The highest BCUT2D eigenvalue weighted by molar-refractivity contribution is 5.94. The molecule has 0 fully saturated rings. The van der Waals surface area contributed by atoms with Gasteiger partial charge in [-0.3, -0.25) is 4.79 Å². The van der Waals surface area contributed by atoms with Crippen molar-refractivity contribution in [2.24, 2.45) is 0 Å². The molecule has 0 bridgehead atoms. The number of rotatable bonds is 6. The number of aryl methyl sites for hydroxylation is 1. The van der Waals surface area contributed by atoms with Gasteiger partial charge in [0.2, 0.25) is 0 Å². The molecular formula is C19H23NO3. The lowest BCUT2D eigenvalue weighted by atomic mass is 10.1. The molecule has 0 aliphatic rings. The molecule has 4 nitrogen and oxygen atoms in total. The van der Waals surface area contributed by atoms with Gasteiger partial charge in [-0.15, -0.1) is 0 Å². The normalized spacial score (nSPS) is 11.7. The Labute approximate surface area is 137 Å². The molecule has 0 spiro atoms. The van der Waals surface area contributed by atoms with Crippen LogP contribution in [0.4, 0.5) is 0 Å². The van der Waals surface area contributed by atoms with Crippen LogP contribution in [-0.4, -0.2) is 20.1 Å². The Kier molecular flexibility index (Phi) is 5.63. The zero-order chi connectivity index (χ0) is 16.8. The van der Waals surface area contributed by atoms with E-state index in [-0.39, 0.29) is 11.9 Å². The van der Waals surface area contributed by atoms with E-state index in [0.717, 1.165) is 12.0 Å². The molecule has 0 aromatic heterocycles. The molecule has 0 heterocycles. The predicted molar refractivity (Wildman–Crippen MR) is 91.2 cm³/mol. The highest BCUT2D eigenvalue weighted by Gasteiger charge is 2.13. The quantitative estimate of drug-likeness (QED) is 0.883. The Hall–Kier alpha value is -2.49. The van der Waals surface area contributed by atoms with Crippen LogP contribution in [0.5, 0.6) is 11.5 Å². The van der Waals surface area contributed by atoms with E-state index in [0.29, 0.717) is 17.1 Å². The van der Waals surface area contributed by atoms with Gasteiger partial charge in [-0.1, -0.05) is 25.1 Å². The average Bonchev–Trinajstić information content (AvgIpc) is 2.60. The number of carbonyl (C=O) groups is 1. The van der Waals surface area contributed by atoms with Crippen molar-refractivity contribution < 1.29 is 14.3 Å². The number of carbonyl (C=O) groups excluding carboxylic acids is 1. The molecule has 23 heavy (non-hydrogen) atoms. The van der Waals surface area contributed by atoms with Gasteiger partial charge in [0.05, 0.1) is 20.3 Å². The molecule has 0 aliphatic heterocycles. The van der Waals surface area contributed by atoms with E-state index in [1.165, 1.54) is 5.56 Å². The maximum atomic E-state index is 12.3. The van der Waals surface area contributed by atoms with Gasteiger partial charge in [0, 0.05) is 5.56 Å². The highest BCUT2D eigenvalue weighted by atomic mass is 16.5. The van der Waals surface area contributed by atoms with Crippen molar-refractivity contribution >= 4 is 5.91 Å². The fourth-order valence-electron chi connectivity index (χ4n) is 2.38. The monoisotopic (exact) mass is 313 g/mol. The first kappa shape index (κ1) is 16.9. The van der Waals surface area contributed by atoms with Gasteiger partial charge in [-0.2, -0.15) is 0 Å². The summed E-state index contributed by atoms with van der Waals surface area (Å²) in [6.45, 7) is 4.04. The summed E-state index contributed by atoms with van der Waals surface area (Å²) in [5.74, 6) is 1.23. The van der Waals surface area contributed by atoms with E-state index in [1.807, 2.05) is 49.4 Å². The minimum absolute atomic E-state index is 0.0880. The Morgan fingerprint density at radius 3 is 2.26 bits per heavy atom. The maximum absolute atomic E-state index is 12.3. The fourth-order valence-corrected chi connectivity index (χ4v) is 2.38. The van der Waals surface area contributed by atoms with E-state index < -0.39 is 0 Å². The molecule has 1 atom stereocenters. The van der Waals surface area contributed by atoms with Crippen LogP contribution in [-0.2, 0) is 6.42 Å². The van der Waals surface area contributed by atoms with Gasteiger partial charge in [0.25, 0.3) is 5.91 Å². The summed E-state index contributed by atoms with van der Waals surface area (Å²) in [6.07, 6.45) is 0.962. The van der Waals surface area contributed by atoms with Crippen molar-refractivity contribution in [1.82, 2.24) is 5.32 Å². The third-order valence-electron chi connectivity index (χ3n) is 3.88. The summed E-state index contributed by atoms with van der Waals surface area (Å²) in [6, 6.07) is 13.2. The molecule has 2 rings (SSSR count). The summed E-state index contributed by atoms with van der Waals surface area (Å²) in [4.78, 5) is 12.3. The SMILES string of the molecule is CCc1ccc(C(=O)N[C@@H](C)c2ccc(OC)c(OC)c2)cc1. The number of hydrogen-bond donors (Lipinski definition) is 1. The highest BCUT2D eigenvalue weighted by Crippen LogP contribution is 2.29. The van der Waals surface area contributed by atoms with Crippen LogP contribution >= 0.6 is 0 Å². The Bertz CT molecular complexity index is 665. The van der Waals surface area contributed by atoms with Gasteiger partial charge < -0.3 is 14.8 Å². The van der Waals surface area contributed by atoms with E-state index in [2.05, 4.69) is 12.2 Å². The summed E-state index contributed by atoms with van der Waals surface area (Å²) in [5.41, 5.74) is 2.84. The van der Waals surface area contributed by atoms with Gasteiger partial charge >= 0.3 is 0 Å². The number of ether oxygens (including phenoxy) is 2. The van der Waals surface area contributed by atoms with Crippen molar-refractivity contribution in [3.8, 4) is 11.5 Å². The summed E-state index contributed by atoms with van der Waals surface area (Å²) >= 11 is 0. The number of hydrogen-bond acceptors (Lipinski definition) is 3. The Balaban J connectivity index is 2.11. The third kappa shape index (κ3) is 4.03. The van der Waals surface area contributed by atoms with E-state index in [4.69, 9.17) is 9.47 Å². The Morgan fingerprint density at radius 1 is 1.04 bits per heavy atom. The van der Waals surface area contributed by atoms with Gasteiger partial charge in [0.1, 0.15) is 0 Å². The second kappa shape index (κ2) is 7.68. The molecular weight excluding hydrogens is 290 g/mol. The maximum Gasteiger partial charge on any atom is 0.251 e. The average molecular weight is 313 g/mol. The zero-order valence-electron chi connectivity index (χ0n) is 14.1. The Morgan fingerprint density at radius 2 is 1.70 bits per heavy atom.